The Labute approximate surface area is 51.0 Å². The summed E-state index contributed by atoms with van der Waals surface area (Å²) in [6, 6.07) is 0. The molecule has 42 valence electrons. The molecule has 0 N–H and O–H groups in total. The summed E-state index contributed by atoms with van der Waals surface area (Å²) in [6.45, 7) is 4.27. The van der Waals surface area contributed by atoms with Gasteiger partial charge in [-0.25, -0.2) is 0 Å². The lowest BCUT2D eigenvalue weighted by molar-refractivity contribution is 1.09. The average molecular weight is 116 g/mol. The first kappa shape index (κ1) is 7.09. The van der Waals surface area contributed by atoms with E-state index in [1.807, 2.05) is 0 Å². The lowest BCUT2D eigenvalue weighted by Crippen LogP contribution is -1.70. The van der Waals surface area contributed by atoms with Crippen LogP contribution in [0.1, 0.15) is 20.3 Å². The van der Waals surface area contributed by atoms with Gasteiger partial charge in [0.1, 0.15) is 0 Å². The van der Waals surface area contributed by atoms with E-state index in [0.717, 1.165) is 12.2 Å². The van der Waals surface area contributed by atoms with Crippen LogP contribution in [-0.2, 0) is 0 Å². The molecule has 0 rings (SSSR count). The van der Waals surface area contributed by atoms with Crippen molar-refractivity contribution in [2.24, 2.45) is 0 Å². The Bertz CT molecular complexity index is 64.6. The van der Waals surface area contributed by atoms with E-state index >= 15 is 0 Å². The summed E-state index contributed by atoms with van der Waals surface area (Å²) >= 11 is 4.04. The zero-order chi connectivity index (χ0) is 5.70. The molecule has 0 spiro atoms. The van der Waals surface area contributed by atoms with Crippen molar-refractivity contribution in [3.05, 3.63) is 11.6 Å². The van der Waals surface area contributed by atoms with Gasteiger partial charge in [-0.2, -0.15) is 12.6 Å². The lowest BCUT2D eigenvalue weighted by atomic mass is 10.2. The van der Waals surface area contributed by atoms with Gasteiger partial charge in [0.05, 0.1) is 0 Å². The van der Waals surface area contributed by atoms with Crippen molar-refractivity contribution in [2.75, 3.05) is 5.75 Å². The second kappa shape index (κ2) is 4.25. The Morgan fingerprint density at radius 3 is 2.43 bits per heavy atom. The van der Waals surface area contributed by atoms with E-state index in [2.05, 4.69) is 32.6 Å². The highest BCUT2D eigenvalue weighted by Gasteiger charge is 1.77. The van der Waals surface area contributed by atoms with E-state index in [1.54, 1.807) is 0 Å². The fourth-order valence-electron chi connectivity index (χ4n) is 0.300. The van der Waals surface area contributed by atoms with E-state index in [9.17, 15) is 0 Å². The molecule has 0 radical (unpaired) electrons. The Morgan fingerprint density at radius 1 is 1.71 bits per heavy atom. The zero-order valence-corrected chi connectivity index (χ0v) is 5.83. The largest absolute Gasteiger partial charge is 0.175 e. The molecule has 0 bridgehead atoms. The smallest absolute Gasteiger partial charge is 0.00850 e. The van der Waals surface area contributed by atoms with Crippen LogP contribution in [0.15, 0.2) is 11.6 Å². The molecule has 0 aromatic heterocycles. The van der Waals surface area contributed by atoms with Gasteiger partial charge in [-0.1, -0.05) is 18.6 Å². The molecular formula is C6H12S. The maximum atomic E-state index is 4.04. The molecule has 0 saturated carbocycles. The molecule has 0 aromatic rings. The Morgan fingerprint density at radius 2 is 2.29 bits per heavy atom. The second-order valence-electron chi connectivity index (χ2n) is 1.59. The number of allylic oxidation sites excluding steroid dienone is 1. The fourth-order valence-corrected chi connectivity index (χ4v) is 0.612. The normalized spacial score (nSPS) is 12.1. The van der Waals surface area contributed by atoms with Gasteiger partial charge in [-0.05, 0) is 13.3 Å². The molecule has 0 aliphatic heterocycles. The summed E-state index contributed by atoms with van der Waals surface area (Å²) in [6.07, 6.45) is 3.28. The van der Waals surface area contributed by atoms with Crippen LogP contribution in [0.2, 0.25) is 0 Å². The van der Waals surface area contributed by atoms with Gasteiger partial charge in [0.2, 0.25) is 0 Å². The molecule has 0 aliphatic carbocycles. The minimum absolute atomic E-state index is 0.875. The molecule has 0 nitrogen and oxygen atoms in total. The summed E-state index contributed by atoms with van der Waals surface area (Å²) in [5.41, 5.74) is 1.43. The average Bonchev–Trinajstić information content (AvgIpc) is 1.68. The maximum Gasteiger partial charge on any atom is 0.00850 e. The first-order chi connectivity index (χ1) is 3.31. The van der Waals surface area contributed by atoms with Crippen molar-refractivity contribution >= 4 is 12.6 Å². The molecular weight excluding hydrogens is 104 g/mol. The topological polar surface area (TPSA) is 0 Å². The minimum atomic E-state index is 0.875. The zero-order valence-electron chi connectivity index (χ0n) is 4.94. The van der Waals surface area contributed by atoms with Gasteiger partial charge in [0.25, 0.3) is 0 Å². The standard InChI is InChI=1S/C6H12S/c1-3-6(2)4-5-7/h4,7H,3,5H2,1-2H3/b6-4-. The molecule has 0 amide bonds. The van der Waals surface area contributed by atoms with Crippen molar-refractivity contribution in [1.29, 1.82) is 0 Å². The van der Waals surface area contributed by atoms with Gasteiger partial charge < -0.3 is 0 Å². The van der Waals surface area contributed by atoms with E-state index in [1.165, 1.54) is 5.57 Å². The van der Waals surface area contributed by atoms with Crippen LogP contribution in [0, 0.1) is 0 Å². The summed E-state index contributed by atoms with van der Waals surface area (Å²) in [4.78, 5) is 0. The molecule has 7 heavy (non-hydrogen) atoms. The number of rotatable bonds is 2. The van der Waals surface area contributed by atoms with Crippen LogP contribution >= 0.6 is 12.6 Å². The number of hydrogen-bond acceptors (Lipinski definition) is 1. The van der Waals surface area contributed by atoms with Crippen molar-refractivity contribution in [3.63, 3.8) is 0 Å². The second-order valence-corrected chi connectivity index (χ2v) is 1.95. The van der Waals surface area contributed by atoms with Crippen LogP contribution in [0.25, 0.3) is 0 Å². The van der Waals surface area contributed by atoms with Gasteiger partial charge >= 0.3 is 0 Å². The van der Waals surface area contributed by atoms with Crippen molar-refractivity contribution < 1.29 is 0 Å². The van der Waals surface area contributed by atoms with Gasteiger partial charge in [-0.15, -0.1) is 0 Å². The molecule has 0 fully saturated rings. The lowest BCUT2D eigenvalue weighted by Gasteiger charge is -1.88. The van der Waals surface area contributed by atoms with Crippen LogP contribution in [-0.4, -0.2) is 5.75 Å². The van der Waals surface area contributed by atoms with Gasteiger partial charge in [0.15, 0.2) is 0 Å². The summed E-state index contributed by atoms with van der Waals surface area (Å²) in [5, 5.41) is 0. The predicted molar refractivity (Wildman–Crippen MR) is 37.9 cm³/mol. The highest BCUT2D eigenvalue weighted by Crippen LogP contribution is 1.96. The third-order valence-corrected chi connectivity index (χ3v) is 1.18. The monoisotopic (exact) mass is 116 g/mol. The molecule has 0 saturated heterocycles. The molecule has 0 aliphatic rings. The molecule has 0 unspecified atom stereocenters. The van der Waals surface area contributed by atoms with Gasteiger partial charge in [-0.3, -0.25) is 0 Å². The third-order valence-electron chi connectivity index (χ3n) is 0.997. The summed E-state index contributed by atoms with van der Waals surface area (Å²) in [5.74, 6) is 0.875. The van der Waals surface area contributed by atoms with E-state index < -0.39 is 0 Å². The van der Waals surface area contributed by atoms with Crippen LogP contribution in [0.3, 0.4) is 0 Å². The molecule has 0 heterocycles. The maximum absolute atomic E-state index is 4.04. The molecule has 0 atom stereocenters. The predicted octanol–water partition coefficient (Wildman–Crippen LogP) is 2.27. The van der Waals surface area contributed by atoms with Crippen LogP contribution < -0.4 is 0 Å². The Balaban J connectivity index is 3.29. The molecule has 0 aromatic carbocycles. The van der Waals surface area contributed by atoms with E-state index in [0.29, 0.717) is 0 Å². The van der Waals surface area contributed by atoms with Crippen LogP contribution in [0.4, 0.5) is 0 Å². The van der Waals surface area contributed by atoms with E-state index in [4.69, 9.17) is 0 Å². The number of hydrogen-bond donors (Lipinski definition) is 1. The Kier molecular flexibility index (Phi) is 4.31. The van der Waals surface area contributed by atoms with E-state index in [-0.39, 0.29) is 0 Å². The summed E-state index contributed by atoms with van der Waals surface area (Å²) in [7, 11) is 0. The summed E-state index contributed by atoms with van der Waals surface area (Å²) < 4.78 is 0. The quantitative estimate of drug-likeness (QED) is 0.415. The highest BCUT2D eigenvalue weighted by atomic mass is 32.1. The SMILES string of the molecule is CC/C(C)=C\CS. The third kappa shape index (κ3) is 3.93. The first-order valence-electron chi connectivity index (χ1n) is 2.57. The van der Waals surface area contributed by atoms with Gasteiger partial charge in [0, 0.05) is 5.75 Å². The fraction of sp³-hybridized carbons (Fsp3) is 0.667. The first-order valence-corrected chi connectivity index (χ1v) is 3.21. The number of thiol groups is 1. The highest BCUT2D eigenvalue weighted by molar-refractivity contribution is 7.80. The van der Waals surface area contributed by atoms with Crippen LogP contribution in [0.5, 0.6) is 0 Å². The minimum Gasteiger partial charge on any atom is -0.175 e. The van der Waals surface area contributed by atoms with Crippen molar-refractivity contribution in [2.45, 2.75) is 20.3 Å². The molecule has 1 heteroatoms. The van der Waals surface area contributed by atoms with Crippen molar-refractivity contribution in [1.82, 2.24) is 0 Å². The van der Waals surface area contributed by atoms with Crippen molar-refractivity contribution in [3.8, 4) is 0 Å². The Hall–Kier alpha value is 0.0900.